The molecule has 0 aromatic heterocycles. The molecular weight excluding hydrogens is 362 g/mol. The molecule has 1 atom stereocenters. The quantitative estimate of drug-likeness (QED) is 0.549. The molecule has 29 heavy (non-hydrogen) atoms. The van der Waals surface area contributed by atoms with Crippen LogP contribution >= 0.6 is 0 Å². The van der Waals surface area contributed by atoms with Crippen molar-refractivity contribution in [2.45, 2.75) is 19.5 Å². The molecule has 3 rings (SSSR count). The van der Waals surface area contributed by atoms with Gasteiger partial charge in [-0.3, -0.25) is 9.59 Å². The van der Waals surface area contributed by atoms with Gasteiger partial charge in [-0.05, 0) is 42.3 Å². The lowest BCUT2D eigenvalue weighted by atomic mass is 10.1. The lowest BCUT2D eigenvalue weighted by Crippen LogP contribution is -2.30. The summed E-state index contributed by atoms with van der Waals surface area (Å²) >= 11 is 0. The summed E-state index contributed by atoms with van der Waals surface area (Å²) in [7, 11) is 0. The molecule has 3 aromatic rings. The van der Waals surface area contributed by atoms with Gasteiger partial charge in [0.15, 0.2) is 0 Å². The zero-order valence-electron chi connectivity index (χ0n) is 16.4. The Morgan fingerprint density at radius 1 is 0.828 bits per heavy atom. The molecule has 0 aliphatic rings. The summed E-state index contributed by atoms with van der Waals surface area (Å²) in [6, 6.07) is 26.7. The minimum atomic E-state index is -0.148. The largest absolute Gasteiger partial charge is 0.348 e. The first-order valence-corrected chi connectivity index (χ1v) is 9.62. The number of nitrogens with one attached hydrogen (secondary N) is 3. The van der Waals surface area contributed by atoms with Crippen LogP contribution < -0.4 is 16.0 Å². The molecule has 2 amide bonds. The van der Waals surface area contributed by atoms with Gasteiger partial charge >= 0.3 is 0 Å². The zero-order valence-corrected chi connectivity index (χ0v) is 16.4. The summed E-state index contributed by atoms with van der Waals surface area (Å²) in [5.74, 6) is -0.279. The van der Waals surface area contributed by atoms with E-state index in [0.29, 0.717) is 17.8 Å². The lowest BCUT2D eigenvalue weighted by Gasteiger charge is -2.14. The maximum absolute atomic E-state index is 12.3. The van der Waals surface area contributed by atoms with Crippen LogP contribution in [-0.4, -0.2) is 18.4 Å². The zero-order chi connectivity index (χ0) is 20.5. The van der Waals surface area contributed by atoms with E-state index in [2.05, 4.69) is 16.0 Å². The van der Waals surface area contributed by atoms with Crippen LogP contribution in [0.25, 0.3) is 0 Å². The van der Waals surface area contributed by atoms with E-state index in [1.807, 2.05) is 67.6 Å². The average molecular weight is 387 g/mol. The lowest BCUT2D eigenvalue weighted by molar-refractivity contribution is -0.115. The minimum Gasteiger partial charge on any atom is -0.348 e. The summed E-state index contributed by atoms with van der Waals surface area (Å²) in [6.07, 6.45) is 0. The Kier molecular flexibility index (Phi) is 7.14. The van der Waals surface area contributed by atoms with Gasteiger partial charge in [0, 0.05) is 23.8 Å². The van der Waals surface area contributed by atoms with E-state index in [1.165, 1.54) is 0 Å². The molecule has 0 saturated carbocycles. The van der Waals surface area contributed by atoms with E-state index in [-0.39, 0.29) is 24.4 Å². The molecule has 0 aliphatic heterocycles. The maximum Gasteiger partial charge on any atom is 0.251 e. The molecule has 0 bridgehead atoms. The second-order valence-corrected chi connectivity index (χ2v) is 6.81. The topological polar surface area (TPSA) is 70.2 Å². The van der Waals surface area contributed by atoms with Gasteiger partial charge in [0.2, 0.25) is 5.91 Å². The highest BCUT2D eigenvalue weighted by Gasteiger charge is 2.09. The maximum atomic E-state index is 12.3. The number of rotatable bonds is 8. The molecule has 0 heterocycles. The van der Waals surface area contributed by atoms with Crippen LogP contribution in [0.4, 0.5) is 5.69 Å². The van der Waals surface area contributed by atoms with E-state index >= 15 is 0 Å². The molecular formula is C24H25N3O2. The molecule has 1 unspecified atom stereocenters. The summed E-state index contributed by atoms with van der Waals surface area (Å²) in [4.78, 5) is 24.4. The van der Waals surface area contributed by atoms with Gasteiger partial charge in [-0.2, -0.15) is 0 Å². The Hall–Kier alpha value is -3.44. The molecule has 3 N–H and O–H groups in total. The van der Waals surface area contributed by atoms with Crippen LogP contribution in [0.1, 0.15) is 34.5 Å². The first-order valence-electron chi connectivity index (χ1n) is 9.62. The van der Waals surface area contributed by atoms with Gasteiger partial charge in [0.05, 0.1) is 6.54 Å². The minimum absolute atomic E-state index is 0.0811. The number of carbonyl (C=O) groups excluding carboxylic acids is 2. The van der Waals surface area contributed by atoms with Crippen LogP contribution in [-0.2, 0) is 11.3 Å². The van der Waals surface area contributed by atoms with Crippen LogP contribution in [0, 0.1) is 0 Å². The Balaban J connectivity index is 1.45. The molecule has 148 valence electrons. The van der Waals surface area contributed by atoms with Crippen molar-refractivity contribution >= 4 is 17.5 Å². The number of hydrogen-bond donors (Lipinski definition) is 3. The fourth-order valence-electron chi connectivity index (χ4n) is 2.90. The third-order valence-corrected chi connectivity index (χ3v) is 4.60. The van der Waals surface area contributed by atoms with Crippen molar-refractivity contribution in [1.82, 2.24) is 10.6 Å². The standard InChI is InChI=1S/C24H25N3O2/c1-18(20-10-6-3-7-11-20)25-17-23(28)27-22-14-12-21(13-15-22)24(29)26-16-19-8-4-2-5-9-19/h2-15,18,25H,16-17H2,1H3,(H,26,29)(H,27,28). The summed E-state index contributed by atoms with van der Waals surface area (Å²) in [5, 5.41) is 8.93. The first-order chi connectivity index (χ1) is 14.1. The number of amides is 2. The van der Waals surface area contributed by atoms with Crippen molar-refractivity contribution < 1.29 is 9.59 Å². The van der Waals surface area contributed by atoms with E-state index < -0.39 is 0 Å². The van der Waals surface area contributed by atoms with Crippen LogP contribution in [0.2, 0.25) is 0 Å². The van der Waals surface area contributed by atoms with E-state index in [0.717, 1.165) is 11.1 Å². The number of benzene rings is 3. The van der Waals surface area contributed by atoms with Crippen molar-refractivity contribution in [3.05, 3.63) is 102 Å². The molecule has 0 radical (unpaired) electrons. The second-order valence-electron chi connectivity index (χ2n) is 6.81. The third-order valence-electron chi connectivity index (χ3n) is 4.60. The predicted octanol–water partition coefficient (Wildman–Crippen LogP) is 3.91. The van der Waals surface area contributed by atoms with Crippen molar-refractivity contribution in [1.29, 1.82) is 0 Å². The molecule has 5 nitrogen and oxygen atoms in total. The Morgan fingerprint density at radius 3 is 2.10 bits per heavy atom. The highest BCUT2D eigenvalue weighted by molar-refractivity contribution is 5.96. The fraction of sp³-hybridized carbons (Fsp3) is 0.167. The first kappa shape index (κ1) is 20.3. The number of hydrogen-bond acceptors (Lipinski definition) is 3. The van der Waals surface area contributed by atoms with Gasteiger partial charge in [-0.15, -0.1) is 0 Å². The SMILES string of the molecule is CC(NCC(=O)Nc1ccc(C(=O)NCc2ccccc2)cc1)c1ccccc1. The summed E-state index contributed by atoms with van der Waals surface area (Å²) in [6.45, 7) is 2.70. The number of anilines is 1. The van der Waals surface area contributed by atoms with Gasteiger partial charge in [-0.25, -0.2) is 0 Å². The number of carbonyl (C=O) groups is 2. The molecule has 3 aromatic carbocycles. The average Bonchev–Trinajstić information content (AvgIpc) is 2.77. The van der Waals surface area contributed by atoms with Gasteiger partial charge in [-0.1, -0.05) is 60.7 Å². The summed E-state index contributed by atoms with van der Waals surface area (Å²) in [5.41, 5.74) is 3.38. The van der Waals surface area contributed by atoms with Crippen molar-refractivity contribution in [3.8, 4) is 0 Å². The molecule has 0 saturated heterocycles. The van der Waals surface area contributed by atoms with Crippen LogP contribution in [0.5, 0.6) is 0 Å². The second kappa shape index (κ2) is 10.2. The van der Waals surface area contributed by atoms with Gasteiger partial charge in [0.25, 0.3) is 5.91 Å². The predicted molar refractivity (Wildman–Crippen MR) is 116 cm³/mol. The van der Waals surface area contributed by atoms with Crippen molar-refractivity contribution in [2.24, 2.45) is 0 Å². The Bertz CT molecular complexity index is 925. The fourth-order valence-corrected chi connectivity index (χ4v) is 2.90. The highest BCUT2D eigenvalue weighted by atomic mass is 16.2. The molecule has 0 fully saturated rings. The van der Waals surface area contributed by atoms with Crippen molar-refractivity contribution in [2.75, 3.05) is 11.9 Å². The van der Waals surface area contributed by atoms with E-state index in [4.69, 9.17) is 0 Å². The van der Waals surface area contributed by atoms with Gasteiger partial charge in [0.1, 0.15) is 0 Å². The van der Waals surface area contributed by atoms with Gasteiger partial charge < -0.3 is 16.0 Å². The summed E-state index contributed by atoms with van der Waals surface area (Å²) < 4.78 is 0. The molecule has 0 spiro atoms. The monoisotopic (exact) mass is 387 g/mol. The van der Waals surface area contributed by atoms with Crippen LogP contribution in [0.15, 0.2) is 84.9 Å². The van der Waals surface area contributed by atoms with Crippen LogP contribution in [0.3, 0.4) is 0 Å². The molecule has 5 heteroatoms. The van der Waals surface area contributed by atoms with Crippen molar-refractivity contribution in [3.63, 3.8) is 0 Å². The Morgan fingerprint density at radius 2 is 1.45 bits per heavy atom. The highest BCUT2D eigenvalue weighted by Crippen LogP contribution is 2.12. The Labute approximate surface area is 171 Å². The van der Waals surface area contributed by atoms with E-state index in [1.54, 1.807) is 24.3 Å². The molecule has 0 aliphatic carbocycles. The smallest absolute Gasteiger partial charge is 0.251 e. The third kappa shape index (κ3) is 6.30. The van der Waals surface area contributed by atoms with E-state index in [9.17, 15) is 9.59 Å². The normalized spacial score (nSPS) is 11.5.